The van der Waals surface area contributed by atoms with E-state index in [1.165, 1.54) is 32.1 Å². The van der Waals surface area contributed by atoms with Crippen molar-refractivity contribution in [2.24, 2.45) is 5.41 Å². The normalized spacial score (nSPS) is 30.5. The SMILES string of the molecule is CC1CCCC(CCC(C)(C)C)N1. The second-order valence-electron chi connectivity index (χ2n) is 5.79. The average Bonchev–Trinajstić information content (AvgIpc) is 2.00. The predicted molar refractivity (Wildman–Crippen MR) is 58.9 cm³/mol. The van der Waals surface area contributed by atoms with Crippen molar-refractivity contribution in [1.82, 2.24) is 5.32 Å². The first kappa shape index (κ1) is 11.0. The third-order valence-corrected chi connectivity index (χ3v) is 2.95. The molecule has 1 N–H and O–H groups in total. The molecule has 0 amide bonds. The summed E-state index contributed by atoms with van der Waals surface area (Å²) in [5.41, 5.74) is 0.502. The molecule has 1 aliphatic heterocycles. The lowest BCUT2D eigenvalue weighted by Gasteiger charge is -2.30. The fraction of sp³-hybridized carbons (Fsp3) is 1.00. The zero-order valence-corrected chi connectivity index (χ0v) is 9.69. The van der Waals surface area contributed by atoms with Crippen molar-refractivity contribution in [2.45, 2.75) is 71.9 Å². The highest BCUT2D eigenvalue weighted by Gasteiger charge is 2.19. The van der Waals surface area contributed by atoms with Gasteiger partial charge in [-0.1, -0.05) is 27.2 Å². The van der Waals surface area contributed by atoms with Crippen LogP contribution in [0.15, 0.2) is 0 Å². The zero-order chi connectivity index (χ0) is 9.90. The van der Waals surface area contributed by atoms with E-state index in [-0.39, 0.29) is 0 Å². The van der Waals surface area contributed by atoms with Crippen LogP contribution in [0.5, 0.6) is 0 Å². The molecule has 0 radical (unpaired) electrons. The highest BCUT2D eigenvalue weighted by molar-refractivity contribution is 4.79. The molecule has 1 aliphatic rings. The van der Waals surface area contributed by atoms with Crippen LogP contribution in [0.25, 0.3) is 0 Å². The van der Waals surface area contributed by atoms with Crippen molar-refractivity contribution < 1.29 is 0 Å². The number of nitrogens with one attached hydrogen (secondary N) is 1. The van der Waals surface area contributed by atoms with Crippen LogP contribution in [0.2, 0.25) is 0 Å². The van der Waals surface area contributed by atoms with E-state index >= 15 is 0 Å². The van der Waals surface area contributed by atoms with Crippen LogP contribution in [0, 0.1) is 5.41 Å². The van der Waals surface area contributed by atoms with E-state index < -0.39 is 0 Å². The molecule has 1 heteroatoms. The second-order valence-corrected chi connectivity index (χ2v) is 5.79. The molecule has 0 aromatic carbocycles. The molecule has 0 bridgehead atoms. The van der Waals surface area contributed by atoms with Crippen molar-refractivity contribution in [2.75, 3.05) is 0 Å². The van der Waals surface area contributed by atoms with E-state index in [0.717, 1.165) is 12.1 Å². The molecule has 78 valence electrons. The Bertz CT molecular complexity index is 146. The first-order valence-corrected chi connectivity index (χ1v) is 5.73. The van der Waals surface area contributed by atoms with E-state index in [1.807, 2.05) is 0 Å². The monoisotopic (exact) mass is 183 g/mol. The second kappa shape index (κ2) is 4.45. The van der Waals surface area contributed by atoms with Crippen molar-refractivity contribution >= 4 is 0 Å². The topological polar surface area (TPSA) is 12.0 Å². The molecule has 1 saturated heterocycles. The third kappa shape index (κ3) is 4.66. The van der Waals surface area contributed by atoms with Gasteiger partial charge in [0.05, 0.1) is 0 Å². The summed E-state index contributed by atoms with van der Waals surface area (Å²) in [6.07, 6.45) is 6.88. The summed E-state index contributed by atoms with van der Waals surface area (Å²) in [5.74, 6) is 0. The Morgan fingerprint density at radius 3 is 2.46 bits per heavy atom. The molecule has 1 heterocycles. The van der Waals surface area contributed by atoms with E-state index in [0.29, 0.717) is 5.41 Å². The van der Waals surface area contributed by atoms with E-state index in [4.69, 9.17) is 0 Å². The molecule has 2 atom stereocenters. The quantitative estimate of drug-likeness (QED) is 0.692. The number of rotatable bonds is 2. The zero-order valence-electron chi connectivity index (χ0n) is 9.69. The molecule has 0 saturated carbocycles. The third-order valence-electron chi connectivity index (χ3n) is 2.95. The van der Waals surface area contributed by atoms with Crippen LogP contribution in [0.3, 0.4) is 0 Å². The predicted octanol–water partition coefficient (Wildman–Crippen LogP) is 3.34. The Labute approximate surface area is 83.3 Å². The minimum absolute atomic E-state index is 0.502. The highest BCUT2D eigenvalue weighted by Crippen LogP contribution is 2.24. The molecule has 0 aromatic heterocycles. The van der Waals surface area contributed by atoms with E-state index in [9.17, 15) is 0 Å². The Morgan fingerprint density at radius 2 is 1.92 bits per heavy atom. The molecule has 1 rings (SSSR count). The molecule has 13 heavy (non-hydrogen) atoms. The van der Waals surface area contributed by atoms with Crippen LogP contribution in [0.1, 0.15) is 59.8 Å². The summed E-state index contributed by atoms with van der Waals surface area (Å²) in [6, 6.07) is 1.54. The Hall–Kier alpha value is -0.0400. The summed E-state index contributed by atoms with van der Waals surface area (Å²) in [5, 5.41) is 3.69. The van der Waals surface area contributed by atoms with Crippen LogP contribution in [-0.4, -0.2) is 12.1 Å². The first-order chi connectivity index (χ1) is 5.97. The van der Waals surface area contributed by atoms with E-state index in [1.54, 1.807) is 0 Å². The van der Waals surface area contributed by atoms with Crippen LogP contribution in [0.4, 0.5) is 0 Å². The van der Waals surface area contributed by atoms with Gasteiger partial charge >= 0.3 is 0 Å². The largest absolute Gasteiger partial charge is 0.312 e. The minimum atomic E-state index is 0.502. The number of piperidine rings is 1. The fourth-order valence-corrected chi connectivity index (χ4v) is 2.07. The molecule has 1 nitrogen and oxygen atoms in total. The maximum absolute atomic E-state index is 3.69. The first-order valence-electron chi connectivity index (χ1n) is 5.73. The van der Waals surface area contributed by atoms with Gasteiger partial charge in [0, 0.05) is 12.1 Å². The summed E-state index contributed by atoms with van der Waals surface area (Å²) < 4.78 is 0. The van der Waals surface area contributed by atoms with Gasteiger partial charge in [0.1, 0.15) is 0 Å². The van der Waals surface area contributed by atoms with Gasteiger partial charge < -0.3 is 5.32 Å². The fourth-order valence-electron chi connectivity index (χ4n) is 2.07. The van der Waals surface area contributed by atoms with Crippen molar-refractivity contribution in [1.29, 1.82) is 0 Å². The molecular weight excluding hydrogens is 158 g/mol. The van der Waals surface area contributed by atoms with Gasteiger partial charge in [-0.3, -0.25) is 0 Å². The van der Waals surface area contributed by atoms with Crippen LogP contribution < -0.4 is 5.32 Å². The standard InChI is InChI=1S/C12H25N/c1-10-6-5-7-11(13-10)8-9-12(2,3)4/h10-11,13H,5-9H2,1-4H3. The molecular formula is C12H25N. The van der Waals surface area contributed by atoms with Gasteiger partial charge in [0.15, 0.2) is 0 Å². The average molecular weight is 183 g/mol. The lowest BCUT2D eigenvalue weighted by Crippen LogP contribution is -2.40. The van der Waals surface area contributed by atoms with E-state index in [2.05, 4.69) is 33.0 Å². The maximum atomic E-state index is 3.69. The Kier molecular flexibility index (Phi) is 3.78. The minimum Gasteiger partial charge on any atom is -0.312 e. The summed E-state index contributed by atoms with van der Waals surface area (Å²) >= 11 is 0. The molecule has 0 spiro atoms. The Balaban J connectivity index is 2.21. The number of hydrogen-bond acceptors (Lipinski definition) is 1. The molecule has 0 aliphatic carbocycles. The van der Waals surface area contributed by atoms with Crippen molar-refractivity contribution in [3.8, 4) is 0 Å². The van der Waals surface area contributed by atoms with Gasteiger partial charge in [0.25, 0.3) is 0 Å². The van der Waals surface area contributed by atoms with Gasteiger partial charge in [-0.05, 0) is 38.0 Å². The molecule has 1 fully saturated rings. The number of hydrogen-bond donors (Lipinski definition) is 1. The van der Waals surface area contributed by atoms with Crippen molar-refractivity contribution in [3.05, 3.63) is 0 Å². The van der Waals surface area contributed by atoms with Crippen molar-refractivity contribution in [3.63, 3.8) is 0 Å². The van der Waals surface area contributed by atoms with Crippen LogP contribution in [-0.2, 0) is 0 Å². The van der Waals surface area contributed by atoms with Crippen LogP contribution >= 0.6 is 0 Å². The summed E-state index contributed by atoms with van der Waals surface area (Å²) in [6.45, 7) is 9.31. The highest BCUT2D eigenvalue weighted by atomic mass is 15.0. The Morgan fingerprint density at radius 1 is 1.23 bits per heavy atom. The smallest absolute Gasteiger partial charge is 0.00697 e. The molecule has 0 aromatic rings. The van der Waals surface area contributed by atoms with Gasteiger partial charge in [-0.15, -0.1) is 0 Å². The lowest BCUT2D eigenvalue weighted by molar-refractivity contribution is 0.275. The van der Waals surface area contributed by atoms with Gasteiger partial charge in [-0.2, -0.15) is 0 Å². The van der Waals surface area contributed by atoms with Gasteiger partial charge in [0.2, 0.25) is 0 Å². The molecule has 2 unspecified atom stereocenters. The lowest BCUT2D eigenvalue weighted by atomic mass is 9.86. The van der Waals surface area contributed by atoms with Gasteiger partial charge in [-0.25, -0.2) is 0 Å². The summed E-state index contributed by atoms with van der Waals surface area (Å²) in [4.78, 5) is 0. The summed E-state index contributed by atoms with van der Waals surface area (Å²) in [7, 11) is 0. The maximum Gasteiger partial charge on any atom is 0.00697 e.